The first kappa shape index (κ1) is 6.23. The zero-order valence-electron chi connectivity index (χ0n) is 5.65. The predicted octanol–water partition coefficient (Wildman–Crippen LogP) is 2.51. The van der Waals surface area contributed by atoms with E-state index in [-0.39, 0.29) is 0 Å². The summed E-state index contributed by atoms with van der Waals surface area (Å²) in [5, 5.41) is 0. The van der Waals surface area contributed by atoms with Gasteiger partial charge >= 0.3 is 0 Å². The van der Waals surface area contributed by atoms with Crippen molar-refractivity contribution < 1.29 is 4.74 Å². The summed E-state index contributed by atoms with van der Waals surface area (Å²) in [6.07, 6.45) is 4.19. The van der Waals surface area contributed by atoms with Gasteiger partial charge in [0, 0.05) is 10.1 Å². The van der Waals surface area contributed by atoms with Crippen molar-refractivity contribution in [1.82, 2.24) is 0 Å². The Morgan fingerprint density at radius 3 is 3.00 bits per heavy atom. The van der Waals surface area contributed by atoms with E-state index in [1.54, 1.807) is 0 Å². The van der Waals surface area contributed by atoms with Gasteiger partial charge in [-0.05, 0) is 24.6 Å². The first-order valence-corrected chi connectivity index (χ1v) is 3.98. The van der Waals surface area contributed by atoms with Crippen LogP contribution in [0, 0.1) is 0 Å². The van der Waals surface area contributed by atoms with Gasteiger partial charge in [-0.1, -0.05) is 15.9 Å². The van der Waals surface area contributed by atoms with Crippen molar-refractivity contribution in [3.8, 4) is 0 Å². The molecule has 1 heterocycles. The zero-order valence-corrected chi connectivity index (χ0v) is 7.23. The highest BCUT2D eigenvalue weighted by atomic mass is 79.9. The molecule has 0 bridgehead atoms. The van der Waals surface area contributed by atoms with E-state index in [1.807, 2.05) is 0 Å². The summed E-state index contributed by atoms with van der Waals surface area (Å²) in [4.78, 5) is 0. The largest absolute Gasteiger partial charge is 0.488 e. The Labute approximate surface area is 68.2 Å². The molecule has 0 spiro atoms. The lowest BCUT2D eigenvalue weighted by molar-refractivity contribution is 0.276. The fourth-order valence-corrected chi connectivity index (χ4v) is 1.60. The third kappa shape index (κ3) is 0.754. The summed E-state index contributed by atoms with van der Waals surface area (Å²) >= 11 is 3.44. The van der Waals surface area contributed by atoms with E-state index in [0.29, 0.717) is 6.61 Å². The Bertz CT molecular complexity index is 271. The van der Waals surface area contributed by atoms with E-state index in [1.165, 1.54) is 11.1 Å². The molecule has 0 radical (unpaired) electrons. The number of hydrogen-bond donors (Lipinski definition) is 0. The number of rotatable bonds is 0. The standard InChI is InChI=1S/C8H7BrO/c1-5-2-6-7(9)4-10-8(6)3-5/h2-3H,4H2,1H3. The van der Waals surface area contributed by atoms with Crippen molar-refractivity contribution in [3.05, 3.63) is 33.5 Å². The maximum Gasteiger partial charge on any atom is 0.128 e. The number of halogens is 1. The average molecular weight is 199 g/mol. The summed E-state index contributed by atoms with van der Waals surface area (Å²) in [6, 6.07) is 0. The molecule has 1 aliphatic heterocycles. The van der Waals surface area contributed by atoms with Gasteiger partial charge < -0.3 is 4.74 Å². The van der Waals surface area contributed by atoms with Crippen LogP contribution in [0.25, 0.3) is 0 Å². The molecule has 2 aliphatic rings. The third-order valence-electron chi connectivity index (χ3n) is 1.64. The van der Waals surface area contributed by atoms with Gasteiger partial charge in [0.2, 0.25) is 0 Å². The molecule has 2 rings (SSSR count). The van der Waals surface area contributed by atoms with Crippen LogP contribution in [0.2, 0.25) is 0 Å². The van der Waals surface area contributed by atoms with Crippen LogP contribution >= 0.6 is 15.9 Å². The summed E-state index contributed by atoms with van der Waals surface area (Å²) in [6.45, 7) is 2.77. The van der Waals surface area contributed by atoms with Crippen LogP contribution in [0.1, 0.15) is 6.92 Å². The highest BCUT2D eigenvalue weighted by Crippen LogP contribution is 2.35. The van der Waals surface area contributed by atoms with Crippen molar-refractivity contribution in [3.63, 3.8) is 0 Å². The molecular weight excluding hydrogens is 192 g/mol. The van der Waals surface area contributed by atoms with Gasteiger partial charge in [0.15, 0.2) is 0 Å². The second kappa shape index (κ2) is 1.99. The third-order valence-corrected chi connectivity index (χ3v) is 2.30. The summed E-state index contributed by atoms with van der Waals surface area (Å²) in [5.41, 5.74) is 2.49. The Kier molecular flexibility index (Phi) is 1.24. The summed E-state index contributed by atoms with van der Waals surface area (Å²) in [5.74, 6) is 1.02. The van der Waals surface area contributed by atoms with Crippen LogP contribution in [0.4, 0.5) is 0 Å². The minimum absolute atomic E-state index is 0.699. The molecule has 1 aliphatic carbocycles. The molecule has 0 amide bonds. The Balaban J connectivity index is 2.51. The first-order valence-electron chi connectivity index (χ1n) is 3.19. The molecule has 0 atom stereocenters. The van der Waals surface area contributed by atoms with Crippen molar-refractivity contribution in [2.45, 2.75) is 6.92 Å². The molecule has 0 N–H and O–H groups in total. The van der Waals surface area contributed by atoms with Crippen LogP contribution in [0.5, 0.6) is 0 Å². The molecule has 0 fully saturated rings. The van der Waals surface area contributed by atoms with Gasteiger partial charge in [0.05, 0.1) is 0 Å². The Morgan fingerprint density at radius 1 is 1.50 bits per heavy atom. The Hall–Kier alpha value is -0.500. The average Bonchev–Trinajstić information content (AvgIpc) is 2.35. The molecule has 0 saturated carbocycles. The number of hydrogen-bond acceptors (Lipinski definition) is 1. The van der Waals surface area contributed by atoms with Gasteiger partial charge in [-0.25, -0.2) is 0 Å². The van der Waals surface area contributed by atoms with Gasteiger partial charge in [-0.2, -0.15) is 0 Å². The molecule has 0 aromatic carbocycles. The Morgan fingerprint density at radius 2 is 2.30 bits per heavy atom. The zero-order chi connectivity index (χ0) is 7.14. The van der Waals surface area contributed by atoms with Crippen molar-refractivity contribution in [2.24, 2.45) is 0 Å². The second-order valence-electron chi connectivity index (χ2n) is 2.50. The molecule has 52 valence electrons. The minimum atomic E-state index is 0.699. The van der Waals surface area contributed by atoms with E-state index in [0.717, 1.165) is 10.2 Å². The van der Waals surface area contributed by atoms with E-state index in [2.05, 4.69) is 35.0 Å². The van der Waals surface area contributed by atoms with Gasteiger partial charge in [0.25, 0.3) is 0 Å². The van der Waals surface area contributed by atoms with E-state index >= 15 is 0 Å². The SMILES string of the molecule is CC1=CC2=C(Br)COC2=C1. The summed E-state index contributed by atoms with van der Waals surface area (Å²) < 4.78 is 6.51. The minimum Gasteiger partial charge on any atom is -0.488 e. The van der Waals surface area contributed by atoms with Crippen molar-refractivity contribution in [2.75, 3.05) is 6.61 Å². The lowest BCUT2D eigenvalue weighted by atomic mass is 10.3. The van der Waals surface area contributed by atoms with Crippen molar-refractivity contribution in [1.29, 1.82) is 0 Å². The number of allylic oxidation sites excluding steroid dienone is 3. The van der Waals surface area contributed by atoms with E-state index in [9.17, 15) is 0 Å². The maximum absolute atomic E-state index is 5.35. The van der Waals surface area contributed by atoms with Gasteiger partial charge in [0.1, 0.15) is 12.4 Å². The highest BCUT2D eigenvalue weighted by molar-refractivity contribution is 9.11. The van der Waals surface area contributed by atoms with Crippen LogP contribution in [0.15, 0.2) is 33.5 Å². The normalized spacial score (nSPS) is 22.2. The lowest BCUT2D eigenvalue weighted by Gasteiger charge is -1.93. The van der Waals surface area contributed by atoms with Crippen LogP contribution < -0.4 is 0 Å². The van der Waals surface area contributed by atoms with Crippen LogP contribution in [-0.2, 0) is 4.74 Å². The molecule has 0 aromatic heterocycles. The maximum atomic E-state index is 5.35. The molecule has 0 aromatic rings. The molecule has 10 heavy (non-hydrogen) atoms. The molecule has 1 nitrogen and oxygen atoms in total. The topological polar surface area (TPSA) is 9.23 Å². The first-order chi connectivity index (χ1) is 4.77. The second-order valence-corrected chi connectivity index (χ2v) is 3.46. The fraction of sp³-hybridized carbons (Fsp3) is 0.250. The fourth-order valence-electron chi connectivity index (χ4n) is 1.18. The highest BCUT2D eigenvalue weighted by Gasteiger charge is 2.21. The summed E-state index contributed by atoms with van der Waals surface area (Å²) in [7, 11) is 0. The van der Waals surface area contributed by atoms with Crippen LogP contribution in [0.3, 0.4) is 0 Å². The lowest BCUT2D eigenvalue weighted by Crippen LogP contribution is -1.80. The number of ether oxygens (including phenoxy) is 1. The van der Waals surface area contributed by atoms with Gasteiger partial charge in [-0.3, -0.25) is 0 Å². The van der Waals surface area contributed by atoms with E-state index in [4.69, 9.17) is 4.74 Å². The quantitative estimate of drug-likeness (QED) is 0.582. The smallest absolute Gasteiger partial charge is 0.128 e. The van der Waals surface area contributed by atoms with Crippen LogP contribution in [-0.4, -0.2) is 6.61 Å². The molecular formula is C8H7BrO. The van der Waals surface area contributed by atoms with E-state index < -0.39 is 0 Å². The monoisotopic (exact) mass is 198 g/mol. The molecule has 2 heteroatoms. The van der Waals surface area contributed by atoms with Gasteiger partial charge in [-0.15, -0.1) is 0 Å². The molecule has 0 saturated heterocycles. The predicted molar refractivity (Wildman–Crippen MR) is 43.7 cm³/mol. The molecule has 0 unspecified atom stereocenters. The van der Waals surface area contributed by atoms with Crippen molar-refractivity contribution >= 4 is 15.9 Å². The number of fused-ring (bicyclic) bond motifs is 1.